The van der Waals surface area contributed by atoms with E-state index in [0.29, 0.717) is 35.7 Å². The average molecular weight is 526 g/mol. The predicted octanol–water partition coefficient (Wildman–Crippen LogP) is 3.40. The first-order valence-electron chi connectivity index (χ1n) is 12.5. The van der Waals surface area contributed by atoms with Crippen LogP contribution in [0.5, 0.6) is 0 Å². The van der Waals surface area contributed by atoms with Gasteiger partial charge in [0.25, 0.3) is 11.8 Å². The Morgan fingerprint density at radius 3 is 2.49 bits per heavy atom. The summed E-state index contributed by atoms with van der Waals surface area (Å²) in [6.45, 7) is 4.58. The highest BCUT2D eigenvalue weighted by Crippen LogP contribution is 2.42. The first-order valence-corrected chi connectivity index (χ1v) is 12.8. The topological polar surface area (TPSA) is 128 Å². The van der Waals surface area contributed by atoms with E-state index in [1.165, 1.54) is 0 Å². The van der Waals surface area contributed by atoms with Gasteiger partial charge in [-0.2, -0.15) is 0 Å². The molecule has 1 fully saturated rings. The van der Waals surface area contributed by atoms with Gasteiger partial charge >= 0.3 is 5.97 Å². The number of rotatable bonds is 9. The van der Waals surface area contributed by atoms with Crippen LogP contribution in [-0.4, -0.2) is 49.1 Å². The van der Waals surface area contributed by atoms with Gasteiger partial charge in [-0.25, -0.2) is 0 Å². The standard InChI is InChI=1S/C27H32ClN5O4/c1-17-21-15-20(32-12-2-3-13-32)9-10-23(21)33(27(37)25(17)22(31-29)16-24(34)35)14-4-11-30-26(36)18-5-7-19(28)8-6-18/h5-10,15,17,31H,2-4,11-14,16,29H2,1H3,(H,30,36)(H,34,35)/b25-22+. The highest BCUT2D eigenvalue weighted by molar-refractivity contribution is 6.30. The van der Waals surface area contributed by atoms with E-state index in [1.807, 2.05) is 19.1 Å². The predicted molar refractivity (Wildman–Crippen MR) is 144 cm³/mol. The Morgan fingerprint density at radius 2 is 1.84 bits per heavy atom. The maximum Gasteiger partial charge on any atom is 0.309 e. The Labute approximate surface area is 221 Å². The number of carboxylic acids is 1. The summed E-state index contributed by atoms with van der Waals surface area (Å²) in [6, 6.07) is 12.7. The number of hydrogen-bond acceptors (Lipinski definition) is 6. The van der Waals surface area contributed by atoms with Crippen LogP contribution < -0.4 is 26.4 Å². The van der Waals surface area contributed by atoms with Crippen molar-refractivity contribution in [2.24, 2.45) is 5.84 Å². The maximum absolute atomic E-state index is 13.7. The maximum atomic E-state index is 13.7. The zero-order chi connectivity index (χ0) is 26.5. The SMILES string of the molecule is CC1/C(=C(/CC(=O)O)NN)C(=O)N(CCCNC(=O)c2ccc(Cl)cc2)c2ccc(N3CCCC3)cc21. The Hall–Kier alpha value is -3.56. The van der Waals surface area contributed by atoms with Gasteiger partial charge < -0.3 is 25.6 Å². The van der Waals surface area contributed by atoms with Crippen molar-refractivity contribution in [3.63, 3.8) is 0 Å². The fourth-order valence-electron chi connectivity index (χ4n) is 5.03. The van der Waals surface area contributed by atoms with Gasteiger partial charge in [-0.05, 0) is 67.3 Å². The minimum Gasteiger partial charge on any atom is -0.481 e. The number of carboxylic acid groups (broad SMARTS) is 1. The number of hydrazine groups is 1. The zero-order valence-electron chi connectivity index (χ0n) is 20.8. The van der Waals surface area contributed by atoms with Crippen LogP contribution in [0.4, 0.5) is 11.4 Å². The second-order valence-corrected chi connectivity index (χ2v) is 9.78. The lowest BCUT2D eigenvalue weighted by molar-refractivity contribution is -0.136. The van der Waals surface area contributed by atoms with Gasteiger partial charge in [0.2, 0.25) is 0 Å². The number of halogens is 1. The lowest BCUT2D eigenvalue weighted by Crippen LogP contribution is -2.42. The van der Waals surface area contributed by atoms with Gasteiger partial charge in [0.05, 0.1) is 6.42 Å². The summed E-state index contributed by atoms with van der Waals surface area (Å²) in [5, 5.41) is 12.8. The first kappa shape index (κ1) is 26.5. The van der Waals surface area contributed by atoms with Crippen LogP contribution >= 0.6 is 11.6 Å². The molecule has 0 aliphatic carbocycles. The third-order valence-electron chi connectivity index (χ3n) is 6.93. The molecule has 1 unspecified atom stereocenters. The molecular formula is C27H32ClN5O4. The molecule has 1 saturated heterocycles. The van der Waals surface area contributed by atoms with E-state index in [0.717, 1.165) is 42.9 Å². The lowest BCUT2D eigenvalue weighted by Gasteiger charge is -2.36. The number of nitrogens with one attached hydrogen (secondary N) is 2. The van der Waals surface area contributed by atoms with E-state index in [9.17, 15) is 19.5 Å². The third-order valence-corrected chi connectivity index (χ3v) is 7.18. The second-order valence-electron chi connectivity index (χ2n) is 9.34. The van der Waals surface area contributed by atoms with E-state index in [1.54, 1.807) is 29.2 Å². The van der Waals surface area contributed by atoms with Crippen LogP contribution in [0.25, 0.3) is 0 Å². The summed E-state index contributed by atoms with van der Waals surface area (Å²) in [4.78, 5) is 41.6. The van der Waals surface area contributed by atoms with Gasteiger partial charge in [-0.15, -0.1) is 0 Å². The molecule has 2 heterocycles. The molecular weight excluding hydrogens is 494 g/mol. The fourth-order valence-corrected chi connectivity index (χ4v) is 5.16. The molecule has 2 aromatic rings. The summed E-state index contributed by atoms with van der Waals surface area (Å²) < 4.78 is 0. The van der Waals surface area contributed by atoms with Crippen molar-refractivity contribution in [3.8, 4) is 0 Å². The van der Waals surface area contributed by atoms with Gasteiger partial charge in [-0.3, -0.25) is 20.2 Å². The van der Waals surface area contributed by atoms with Crippen LogP contribution in [0.2, 0.25) is 5.02 Å². The van der Waals surface area contributed by atoms with E-state index in [-0.39, 0.29) is 29.9 Å². The van der Waals surface area contributed by atoms with Crippen molar-refractivity contribution in [3.05, 3.63) is 69.9 Å². The Morgan fingerprint density at radius 1 is 1.14 bits per heavy atom. The second kappa shape index (κ2) is 11.7. The van der Waals surface area contributed by atoms with Crippen LogP contribution in [0, 0.1) is 0 Å². The molecule has 10 heteroatoms. The van der Waals surface area contributed by atoms with Crippen molar-refractivity contribution in [1.82, 2.24) is 10.7 Å². The monoisotopic (exact) mass is 525 g/mol. The number of carbonyl (C=O) groups excluding carboxylic acids is 2. The Bertz CT molecular complexity index is 1210. The molecule has 1 atom stereocenters. The summed E-state index contributed by atoms with van der Waals surface area (Å²) in [5.41, 5.74) is 6.34. The molecule has 4 rings (SSSR count). The molecule has 0 aromatic heterocycles. The molecule has 196 valence electrons. The Balaban J connectivity index is 1.57. The molecule has 2 amide bonds. The normalized spacial score (nSPS) is 18.5. The molecule has 2 aromatic carbocycles. The average Bonchev–Trinajstić information content (AvgIpc) is 3.42. The molecule has 5 N–H and O–H groups in total. The first-order chi connectivity index (χ1) is 17.8. The van der Waals surface area contributed by atoms with Crippen molar-refractivity contribution >= 4 is 40.8 Å². The van der Waals surface area contributed by atoms with E-state index in [2.05, 4.69) is 21.7 Å². The quantitative estimate of drug-likeness (QED) is 0.171. The highest BCUT2D eigenvalue weighted by Gasteiger charge is 2.36. The molecule has 0 radical (unpaired) electrons. The zero-order valence-corrected chi connectivity index (χ0v) is 21.6. The van der Waals surface area contributed by atoms with E-state index in [4.69, 9.17) is 17.4 Å². The van der Waals surface area contributed by atoms with Crippen molar-refractivity contribution in [2.75, 3.05) is 36.0 Å². The van der Waals surface area contributed by atoms with Gasteiger partial charge in [0, 0.05) is 65.3 Å². The number of anilines is 2. The van der Waals surface area contributed by atoms with Gasteiger partial charge in [0.1, 0.15) is 0 Å². The summed E-state index contributed by atoms with van der Waals surface area (Å²) in [5.74, 6) is 3.77. The number of aliphatic carboxylic acids is 1. The highest BCUT2D eigenvalue weighted by atomic mass is 35.5. The summed E-state index contributed by atoms with van der Waals surface area (Å²) in [7, 11) is 0. The van der Waals surface area contributed by atoms with E-state index < -0.39 is 5.97 Å². The van der Waals surface area contributed by atoms with Crippen LogP contribution in [-0.2, 0) is 9.59 Å². The number of nitrogens with two attached hydrogens (primary N) is 1. The Kier molecular flexibility index (Phi) is 8.35. The van der Waals surface area contributed by atoms with Gasteiger partial charge in [0.15, 0.2) is 0 Å². The molecule has 0 saturated carbocycles. The molecule has 37 heavy (non-hydrogen) atoms. The van der Waals surface area contributed by atoms with E-state index >= 15 is 0 Å². The minimum atomic E-state index is -1.08. The minimum absolute atomic E-state index is 0.197. The van der Waals surface area contributed by atoms with Crippen LogP contribution in [0.1, 0.15) is 54.4 Å². The smallest absolute Gasteiger partial charge is 0.309 e. The molecule has 2 aliphatic heterocycles. The molecule has 0 bridgehead atoms. The lowest BCUT2D eigenvalue weighted by atomic mass is 9.84. The number of carbonyl (C=O) groups is 3. The summed E-state index contributed by atoms with van der Waals surface area (Å²) >= 11 is 5.89. The van der Waals surface area contributed by atoms with Crippen molar-refractivity contribution in [1.29, 1.82) is 0 Å². The number of hydrogen-bond donors (Lipinski definition) is 4. The number of amides is 2. The van der Waals surface area contributed by atoms with Crippen LogP contribution in [0.3, 0.4) is 0 Å². The number of fused-ring (bicyclic) bond motifs is 1. The number of benzene rings is 2. The summed E-state index contributed by atoms with van der Waals surface area (Å²) in [6.07, 6.45) is 2.41. The number of nitrogens with zero attached hydrogens (tertiary/aromatic N) is 2. The van der Waals surface area contributed by atoms with Crippen molar-refractivity contribution < 1.29 is 19.5 Å². The molecule has 0 spiro atoms. The van der Waals surface area contributed by atoms with Crippen molar-refractivity contribution in [2.45, 2.75) is 38.5 Å². The van der Waals surface area contributed by atoms with Crippen LogP contribution in [0.15, 0.2) is 53.7 Å². The largest absolute Gasteiger partial charge is 0.481 e. The molecule has 9 nitrogen and oxygen atoms in total. The third kappa shape index (κ3) is 5.89. The van der Waals surface area contributed by atoms with Gasteiger partial charge in [-0.1, -0.05) is 18.5 Å². The molecule has 2 aliphatic rings. The fraction of sp³-hybridized carbons (Fsp3) is 0.370.